The molecule has 0 bridgehead atoms. The Balaban J connectivity index is 2.00. The van der Waals surface area contributed by atoms with Crippen LogP contribution >= 0.6 is 22.9 Å². The Morgan fingerprint density at radius 1 is 1.19 bits per heavy atom. The van der Waals surface area contributed by atoms with Crippen molar-refractivity contribution in [2.24, 2.45) is 0 Å². The van der Waals surface area contributed by atoms with Crippen molar-refractivity contribution in [2.75, 3.05) is 13.1 Å². The molecule has 1 aliphatic heterocycles. The highest BCUT2D eigenvalue weighted by atomic mass is 35.5. The lowest BCUT2D eigenvalue weighted by molar-refractivity contribution is -0.123. The summed E-state index contributed by atoms with van der Waals surface area (Å²) in [6.45, 7) is 3.32. The molecule has 0 saturated carbocycles. The maximum atomic E-state index is 13.5. The van der Waals surface area contributed by atoms with E-state index >= 15 is 0 Å². The summed E-state index contributed by atoms with van der Waals surface area (Å²) in [7, 11) is 0. The predicted octanol–water partition coefficient (Wildman–Crippen LogP) is 3.24. The normalized spacial score (nSPS) is 15.0. The van der Waals surface area contributed by atoms with E-state index in [1.165, 1.54) is 4.57 Å². The van der Waals surface area contributed by atoms with Crippen LogP contribution in [0, 0.1) is 11.3 Å². The Hall–Kier alpha value is -3.14. The second-order valence-electron chi connectivity index (χ2n) is 7.62. The molecule has 3 aromatic rings. The lowest BCUT2D eigenvalue weighted by Crippen LogP contribution is -2.35. The van der Waals surface area contributed by atoms with Gasteiger partial charge in [-0.2, -0.15) is 5.26 Å². The molecule has 0 radical (unpaired) electrons. The van der Waals surface area contributed by atoms with Crippen molar-refractivity contribution in [3.63, 3.8) is 0 Å². The first-order valence-electron chi connectivity index (χ1n) is 10.5. The van der Waals surface area contributed by atoms with Crippen molar-refractivity contribution in [3.05, 3.63) is 84.2 Å². The molecule has 0 spiro atoms. The van der Waals surface area contributed by atoms with Gasteiger partial charge < -0.3 is 4.90 Å². The highest BCUT2D eigenvalue weighted by Crippen LogP contribution is 2.14. The third-order valence-electron chi connectivity index (χ3n) is 5.51. The second kappa shape index (κ2) is 9.56. The number of carbonyl (C=O) groups excluding carboxylic acids is 1. The van der Waals surface area contributed by atoms with Gasteiger partial charge in [0.1, 0.15) is 10.7 Å². The summed E-state index contributed by atoms with van der Waals surface area (Å²) < 4.78 is 2.27. The van der Waals surface area contributed by atoms with Crippen LogP contribution in [0.3, 0.4) is 0 Å². The molecule has 0 unspecified atom stereocenters. The number of likely N-dealkylation sites (tertiary alicyclic amines) is 1. The van der Waals surface area contributed by atoms with Crippen molar-refractivity contribution < 1.29 is 4.79 Å². The molecule has 1 amide bonds. The molecule has 1 fully saturated rings. The second-order valence-corrected chi connectivity index (χ2v) is 9.08. The molecule has 1 saturated heterocycles. The molecule has 162 valence electrons. The lowest BCUT2D eigenvalue weighted by Gasteiger charge is -2.14. The number of hydrogen-bond donors (Lipinski definition) is 0. The third-order valence-corrected chi connectivity index (χ3v) is 6.83. The molecule has 4 rings (SSSR count). The van der Waals surface area contributed by atoms with Crippen LogP contribution in [0.4, 0.5) is 0 Å². The Labute approximate surface area is 195 Å². The van der Waals surface area contributed by atoms with Gasteiger partial charge in [-0.25, -0.2) is 0 Å². The SMILES string of the molecule is CCc1ccc(-n2c(=O)/c(=C\c3cccc(Cl)c3)s/c2=C(/C#N)C(=O)N2CCCC2)cc1. The van der Waals surface area contributed by atoms with E-state index < -0.39 is 0 Å². The van der Waals surface area contributed by atoms with E-state index in [0.717, 1.165) is 41.7 Å². The topological polar surface area (TPSA) is 66.1 Å². The van der Waals surface area contributed by atoms with E-state index in [1.54, 1.807) is 23.1 Å². The molecule has 0 aliphatic carbocycles. The number of amides is 1. The fourth-order valence-electron chi connectivity index (χ4n) is 3.78. The van der Waals surface area contributed by atoms with Crippen LogP contribution in [0.15, 0.2) is 53.3 Å². The number of carbonyl (C=O) groups is 1. The van der Waals surface area contributed by atoms with Crippen LogP contribution in [0.2, 0.25) is 5.02 Å². The minimum atomic E-state index is -0.320. The maximum Gasteiger partial charge on any atom is 0.273 e. The predicted molar refractivity (Wildman–Crippen MR) is 128 cm³/mol. The average molecular weight is 464 g/mol. The van der Waals surface area contributed by atoms with E-state index in [4.69, 9.17) is 11.6 Å². The van der Waals surface area contributed by atoms with Crippen LogP contribution in [-0.2, 0) is 11.2 Å². The standard InChI is InChI=1S/C25H22ClN3O2S/c1-2-17-8-10-20(11-9-17)29-24(31)22(15-18-6-5-7-19(26)14-18)32-25(29)21(16-27)23(30)28-12-3-4-13-28/h5-11,14-15H,2-4,12-13H2,1H3/b22-15+,25-21-. The Morgan fingerprint density at radius 2 is 1.91 bits per heavy atom. The van der Waals surface area contributed by atoms with Gasteiger partial charge >= 0.3 is 0 Å². The van der Waals surface area contributed by atoms with Gasteiger partial charge in [-0.05, 0) is 60.7 Å². The summed E-state index contributed by atoms with van der Waals surface area (Å²) in [5.41, 5.74) is 2.28. The molecule has 5 nitrogen and oxygen atoms in total. The summed E-state index contributed by atoms with van der Waals surface area (Å²) in [5, 5.41) is 10.5. The zero-order valence-corrected chi connectivity index (χ0v) is 19.2. The van der Waals surface area contributed by atoms with Crippen LogP contribution in [0.5, 0.6) is 0 Å². The quantitative estimate of drug-likeness (QED) is 0.596. The van der Waals surface area contributed by atoms with Crippen LogP contribution in [-0.4, -0.2) is 28.5 Å². The number of benzene rings is 2. The minimum Gasteiger partial charge on any atom is -0.338 e. The molecule has 32 heavy (non-hydrogen) atoms. The van der Waals surface area contributed by atoms with Crippen LogP contribution < -0.4 is 14.8 Å². The zero-order valence-electron chi connectivity index (χ0n) is 17.7. The van der Waals surface area contributed by atoms with Crippen molar-refractivity contribution >= 4 is 40.5 Å². The van der Waals surface area contributed by atoms with E-state index in [9.17, 15) is 14.9 Å². The van der Waals surface area contributed by atoms with Crippen LogP contribution in [0.25, 0.3) is 17.3 Å². The van der Waals surface area contributed by atoms with Gasteiger partial charge in [0.05, 0.1) is 10.2 Å². The van der Waals surface area contributed by atoms with Gasteiger partial charge in [-0.3, -0.25) is 14.2 Å². The number of aryl methyl sites for hydroxylation is 1. The van der Waals surface area contributed by atoms with Gasteiger partial charge in [-0.1, -0.05) is 42.8 Å². The Morgan fingerprint density at radius 3 is 2.53 bits per heavy atom. The number of hydrogen-bond acceptors (Lipinski definition) is 4. The van der Waals surface area contributed by atoms with Crippen molar-refractivity contribution in [1.29, 1.82) is 5.26 Å². The summed E-state index contributed by atoms with van der Waals surface area (Å²) in [6, 6.07) is 16.9. The fraction of sp³-hybridized carbons (Fsp3) is 0.240. The van der Waals surface area contributed by atoms with Crippen molar-refractivity contribution in [3.8, 4) is 11.8 Å². The number of thiazole rings is 1. The molecule has 7 heteroatoms. The molecule has 2 heterocycles. The largest absolute Gasteiger partial charge is 0.338 e. The summed E-state index contributed by atoms with van der Waals surface area (Å²) in [5.74, 6) is -0.320. The number of aromatic nitrogens is 1. The highest BCUT2D eigenvalue weighted by Gasteiger charge is 2.24. The Kier molecular flexibility index (Phi) is 6.59. The highest BCUT2D eigenvalue weighted by molar-refractivity contribution is 7.07. The summed E-state index contributed by atoms with van der Waals surface area (Å²) in [4.78, 5) is 28.3. The minimum absolute atomic E-state index is 0.000637. The first-order valence-corrected chi connectivity index (χ1v) is 11.7. The van der Waals surface area contributed by atoms with Crippen LogP contribution in [0.1, 0.15) is 30.9 Å². The van der Waals surface area contributed by atoms with Crippen molar-refractivity contribution in [2.45, 2.75) is 26.2 Å². The molecule has 1 aromatic heterocycles. The molecule has 0 N–H and O–H groups in total. The average Bonchev–Trinajstić information content (AvgIpc) is 3.44. The van der Waals surface area contributed by atoms with Gasteiger partial charge in [0.15, 0.2) is 5.57 Å². The van der Waals surface area contributed by atoms with Gasteiger partial charge in [0.25, 0.3) is 11.5 Å². The number of nitriles is 1. The monoisotopic (exact) mass is 463 g/mol. The van der Waals surface area contributed by atoms with E-state index in [-0.39, 0.29) is 17.0 Å². The van der Waals surface area contributed by atoms with Crippen molar-refractivity contribution in [1.82, 2.24) is 9.47 Å². The Bertz CT molecular complexity index is 1370. The zero-order chi connectivity index (χ0) is 22.7. The van der Waals surface area contributed by atoms with Gasteiger partial charge in [0.2, 0.25) is 0 Å². The van der Waals surface area contributed by atoms with Gasteiger partial charge in [-0.15, -0.1) is 11.3 Å². The fourth-order valence-corrected chi connectivity index (χ4v) is 5.07. The van der Waals surface area contributed by atoms with E-state index in [1.807, 2.05) is 36.4 Å². The maximum absolute atomic E-state index is 13.5. The van der Waals surface area contributed by atoms with E-state index in [0.29, 0.717) is 33.0 Å². The first kappa shape index (κ1) is 22.1. The number of nitrogens with zero attached hydrogens (tertiary/aromatic N) is 3. The molecular weight excluding hydrogens is 442 g/mol. The molecule has 2 aromatic carbocycles. The van der Waals surface area contributed by atoms with Gasteiger partial charge in [0, 0.05) is 18.1 Å². The molecule has 1 aliphatic rings. The lowest BCUT2D eigenvalue weighted by atomic mass is 10.1. The third kappa shape index (κ3) is 4.40. The van der Waals surface area contributed by atoms with E-state index in [2.05, 4.69) is 13.0 Å². The smallest absolute Gasteiger partial charge is 0.273 e. The summed E-state index contributed by atoms with van der Waals surface area (Å²) >= 11 is 7.26. The summed E-state index contributed by atoms with van der Waals surface area (Å²) in [6.07, 6.45) is 4.47. The molecule has 0 atom stereocenters. The first-order chi connectivity index (χ1) is 15.5. The number of halogens is 1. The number of rotatable bonds is 4. The molecular formula is C25H22ClN3O2S.